The number of nitrogens with zero attached hydrogens (tertiary/aromatic N) is 1. The van der Waals surface area contributed by atoms with Gasteiger partial charge in [-0.25, -0.2) is 0 Å². The largest absolute Gasteiger partial charge is 0.354 e. The van der Waals surface area contributed by atoms with Crippen molar-refractivity contribution in [2.24, 2.45) is 5.92 Å². The van der Waals surface area contributed by atoms with Crippen LogP contribution in [0.4, 0.5) is 0 Å². The van der Waals surface area contributed by atoms with Gasteiger partial charge in [0, 0.05) is 31.6 Å². The summed E-state index contributed by atoms with van der Waals surface area (Å²) in [5, 5.41) is 6.37. The molecule has 114 valence electrons. The summed E-state index contributed by atoms with van der Waals surface area (Å²) in [6.45, 7) is 6.52. The Labute approximate surface area is 121 Å². The number of amides is 2. The number of hydrogen-bond donors (Lipinski definition) is 2. The molecular weight excluding hydrogens is 254 g/mol. The highest BCUT2D eigenvalue weighted by molar-refractivity contribution is 5.89. The predicted octanol–water partition coefficient (Wildman–Crippen LogP) is 0.892. The standard InChI is InChI=1S/C15H27N3O2/c1-3-13(4-2)18-10-11(8-14(18)19)15(20)17-9-12-6-5-7-16-12/h11-13,16H,3-10H2,1-2H3,(H,17,20). The van der Waals surface area contributed by atoms with E-state index >= 15 is 0 Å². The van der Waals surface area contributed by atoms with Crippen LogP contribution in [0, 0.1) is 5.92 Å². The van der Waals surface area contributed by atoms with Crippen molar-refractivity contribution < 1.29 is 9.59 Å². The van der Waals surface area contributed by atoms with Gasteiger partial charge in [-0.3, -0.25) is 9.59 Å². The smallest absolute Gasteiger partial charge is 0.225 e. The number of likely N-dealkylation sites (tertiary alicyclic amines) is 1. The first-order valence-electron chi connectivity index (χ1n) is 7.96. The van der Waals surface area contributed by atoms with Gasteiger partial charge < -0.3 is 15.5 Å². The van der Waals surface area contributed by atoms with E-state index in [0.29, 0.717) is 25.6 Å². The van der Waals surface area contributed by atoms with Crippen LogP contribution in [0.2, 0.25) is 0 Å². The molecule has 0 saturated carbocycles. The van der Waals surface area contributed by atoms with Gasteiger partial charge in [0.1, 0.15) is 0 Å². The number of carbonyl (C=O) groups excluding carboxylic acids is 2. The molecule has 2 amide bonds. The number of nitrogens with one attached hydrogen (secondary N) is 2. The minimum absolute atomic E-state index is 0.0421. The molecule has 5 heteroatoms. The summed E-state index contributed by atoms with van der Waals surface area (Å²) in [4.78, 5) is 26.1. The molecule has 2 fully saturated rings. The van der Waals surface area contributed by atoms with Crippen molar-refractivity contribution in [1.29, 1.82) is 0 Å². The molecule has 20 heavy (non-hydrogen) atoms. The zero-order valence-corrected chi connectivity index (χ0v) is 12.7. The normalized spacial score (nSPS) is 26.6. The lowest BCUT2D eigenvalue weighted by Gasteiger charge is -2.26. The average Bonchev–Trinajstić information content (AvgIpc) is 3.08. The molecule has 0 aromatic heterocycles. The Balaban J connectivity index is 1.81. The summed E-state index contributed by atoms with van der Waals surface area (Å²) < 4.78 is 0. The fraction of sp³-hybridized carbons (Fsp3) is 0.867. The Morgan fingerprint density at radius 3 is 2.80 bits per heavy atom. The topological polar surface area (TPSA) is 61.4 Å². The van der Waals surface area contributed by atoms with Crippen LogP contribution in [0.5, 0.6) is 0 Å². The van der Waals surface area contributed by atoms with Crippen LogP contribution in [-0.4, -0.2) is 48.4 Å². The Hall–Kier alpha value is -1.10. The summed E-state index contributed by atoms with van der Waals surface area (Å²) in [5.74, 6) is 0.0165. The van der Waals surface area contributed by atoms with E-state index in [0.717, 1.165) is 25.8 Å². The van der Waals surface area contributed by atoms with E-state index in [9.17, 15) is 9.59 Å². The van der Waals surface area contributed by atoms with Crippen LogP contribution in [0.3, 0.4) is 0 Å². The highest BCUT2D eigenvalue weighted by Gasteiger charge is 2.36. The zero-order valence-electron chi connectivity index (χ0n) is 12.7. The highest BCUT2D eigenvalue weighted by Crippen LogP contribution is 2.23. The SMILES string of the molecule is CCC(CC)N1CC(C(=O)NCC2CCCN2)CC1=O. The van der Waals surface area contributed by atoms with Gasteiger partial charge >= 0.3 is 0 Å². The van der Waals surface area contributed by atoms with Crippen LogP contribution in [0.1, 0.15) is 46.0 Å². The van der Waals surface area contributed by atoms with Gasteiger partial charge in [0.15, 0.2) is 0 Å². The van der Waals surface area contributed by atoms with E-state index in [1.807, 2.05) is 4.90 Å². The van der Waals surface area contributed by atoms with Gasteiger partial charge in [0.05, 0.1) is 5.92 Å². The average molecular weight is 281 g/mol. The lowest BCUT2D eigenvalue weighted by atomic mass is 10.1. The van der Waals surface area contributed by atoms with Crippen molar-refractivity contribution in [1.82, 2.24) is 15.5 Å². The van der Waals surface area contributed by atoms with Crippen molar-refractivity contribution in [3.8, 4) is 0 Å². The van der Waals surface area contributed by atoms with E-state index < -0.39 is 0 Å². The first-order chi connectivity index (χ1) is 9.65. The Morgan fingerprint density at radius 1 is 1.45 bits per heavy atom. The van der Waals surface area contributed by atoms with Crippen LogP contribution in [0.15, 0.2) is 0 Å². The molecule has 0 radical (unpaired) electrons. The third-order valence-electron chi connectivity index (χ3n) is 4.60. The number of rotatable bonds is 6. The maximum Gasteiger partial charge on any atom is 0.225 e. The molecule has 0 spiro atoms. The fourth-order valence-electron chi connectivity index (χ4n) is 3.29. The summed E-state index contributed by atoms with van der Waals surface area (Å²) in [7, 11) is 0. The second-order valence-corrected chi connectivity index (χ2v) is 5.96. The third-order valence-corrected chi connectivity index (χ3v) is 4.60. The molecule has 0 aliphatic carbocycles. The van der Waals surface area contributed by atoms with E-state index in [4.69, 9.17) is 0 Å². The predicted molar refractivity (Wildman–Crippen MR) is 78.2 cm³/mol. The Kier molecular flexibility index (Phi) is 5.40. The van der Waals surface area contributed by atoms with Crippen LogP contribution in [0.25, 0.3) is 0 Å². The molecule has 2 aliphatic heterocycles. The van der Waals surface area contributed by atoms with Crippen LogP contribution < -0.4 is 10.6 Å². The lowest BCUT2D eigenvalue weighted by molar-refractivity contribution is -0.130. The van der Waals surface area contributed by atoms with E-state index in [2.05, 4.69) is 24.5 Å². The molecule has 2 rings (SSSR count). The molecule has 2 aliphatic rings. The lowest BCUT2D eigenvalue weighted by Crippen LogP contribution is -2.41. The first-order valence-corrected chi connectivity index (χ1v) is 7.96. The van der Waals surface area contributed by atoms with Crippen molar-refractivity contribution in [2.75, 3.05) is 19.6 Å². The molecule has 2 heterocycles. The maximum atomic E-state index is 12.2. The summed E-state index contributed by atoms with van der Waals surface area (Å²) in [5.41, 5.74) is 0. The van der Waals surface area contributed by atoms with Crippen molar-refractivity contribution >= 4 is 11.8 Å². The second kappa shape index (κ2) is 7.07. The minimum Gasteiger partial charge on any atom is -0.354 e. The molecule has 0 aromatic carbocycles. The van der Waals surface area contributed by atoms with Gasteiger partial charge in [0.25, 0.3) is 0 Å². The first kappa shape index (κ1) is 15.3. The van der Waals surface area contributed by atoms with Gasteiger partial charge in [-0.1, -0.05) is 13.8 Å². The molecule has 2 atom stereocenters. The minimum atomic E-state index is -0.162. The van der Waals surface area contributed by atoms with Gasteiger partial charge in [-0.05, 0) is 32.2 Å². The van der Waals surface area contributed by atoms with Crippen LogP contribution in [-0.2, 0) is 9.59 Å². The molecule has 0 aromatic rings. The molecule has 2 saturated heterocycles. The molecule has 0 bridgehead atoms. The van der Waals surface area contributed by atoms with Gasteiger partial charge in [-0.2, -0.15) is 0 Å². The summed E-state index contributed by atoms with van der Waals surface area (Å²) in [6.07, 6.45) is 4.61. The van der Waals surface area contributed by atoms with Crippen molar-refractivity contribution in [2.45, 2.75) is 58.0 Å². The second-order valence-electron chi connectivity index (χ2n) is 5.96. The van der Waals surface area contributed by atoms with Crippen LogP contribution >= 0.6 is 0 Å². The van der Waals surface area contributed by atoms with Crippen molar-refractivity contribution in [3.63, 3.8) is 0 Å². The zero-order chi connectivity index (χ0) is 14.5. The molecule has 2 unspecified atom stereocenters. The van der Waals surface area contributed by atoms with E-state index in [1.54, 1.807) is 0 Å². The monoisotopic (exact) mass is 281 g/mol. The maximum absolute atomic E-state index is 12.2. The third kappa shape index (κ3) is 3.51. The van der Waals surface area contributed by atoms with Gasteiger partial charge in [0.2, 0.25) is 11.8 Å². The quantitative estimate of drug-likeness (QED) is 0.760. The fourth-order valence-corrected chi connectivity index (χ4v) is 3.29. The Bertz CT molecular complexity index is 349. The number of hydrogen-bond acceptors (Lipinski definition) is 3. The molecular formula is C15H27N3O2. The number of carbonyl (C=O) groups is 2. The summed E-state index contributed by atoms with van der Waals surface area (Å²) in [6, 6.07) is 0.697. The Morgan fingerprint density at radius 2 is 2.20 bits per heavy atom. The van der Waals surface area contributed by atoms with E-state index in [-0.39, 0.29) is 23.8 Å². The molecule has 2 N–H and O–H groups in total. The van der Waals surface area contributed by atoms with Gasteiger partial charge in [-0.15, -0.1) is 0 Å². The van der Waals surface area contributed by atoms with E-state index in [1.165, 1.54) is 6.42 Å². The summed E-state index contributed by atoms with van der Waals surface area (Å²) >= 11 is 0. The highest BCUT2D eigenvalue weighted by atomic mass is 16.2. The molecule has 5 nitrogen and oxygen atoms in total. The van der Waals surface area contributed by atoms with Crippen molar-refractivity contribution in [3.05, 3.63) is 0 Å².